The number of nitrogens with two attached hydrogens (primary N) is 1. The average Bonchev–Trinajstić information content (AvgIpc) is 2.58. The first-order valence-corrected chi connectivity index (χ1v) is 9.51. The van der Waals surface area contributed by atoms with Crippen LogP contribution in [0.5, 0.6) is 0 Å². The molecule has 0 aliphatic heterocycles. The quantitative estimate of drug-likeness (QED) is 0.451. The lowest BCUT2D eigenvalue weighted by Crippen LogP contribution is -2.34. The molecule has 1 atom stereocenters. The van der Waals surface area contributed by atoms with Crippen LogP contribution in [0.25, 0.3) is 0 Å². The van der Waals surface area contributed by atoms with Crippen molar-refractivity contribution in [3.8, 4) is 0 Å². The van der Waals surface area contributed by atoms with E-state index in [1.165, 1.54) is 6.42 Å². The Morgan fingerprint density at radius 2 is 1.48 bits per heavy atom. The summed E-state index contributed by atoms with van der Waals surface area (Å²) in [5, 5.41) is 3.03. The molecule has 5 heteroatoms. The zero-order valence-electron chi connectivity index (χ0n) is 15.9. The summed E-state index contributed by atoms with van der Waals surface area (Å²) in [4.78, 5) is 16.7. The maximum Gasteiger partial charge on any atom is 0.222 e. The average molecular weight is 329 g/mol. The molecule has 0 aliphatic rings. The molecule has 0 saturated carbocycles. The fourth-order valence-corrected chi connectivity index (χ4v) is 2.56. The number of amides is 1. The number of hydrogen-bond donors (Lipinski definition) is 2. The third-order valence-corrected chi connectivity index (χ3v) is 4.53. The van der Waals surface area contributed by atoms with Crippen LogP contribution in [0.1, 0.15) is 53.4 Å². The van der Waals surface area contributed by atoms with Gasteiger partial charge in [0.2, 0.25) is 5.91 Å². The van der Waals surface area contributed by atoms with Gasteiger partial charge in [-0.05, 0) is 71.5 Å². The fraction of sp³-hybridized carbons (Fsp3) is 0.944. The molecule has 1 amide bonds. The molecule has 0 bridgehead atoms. The molecule has 0 heterocycles. The van der Waals surface area contributed by atoms with Gasteiger partial charge in [-0.2, -0.15) is 0 Å². The number of carbonyl (C=O) groups is 1. The van der Waals surface area contributed by atoms with Crippen LogP contribution >= 0.6 is 0 Å². The van der Waals surface area contributed by atoms with Crippen molar-refractivity contribution in [1.29, 1.82) is 0 Å². The van der Waals surface area contributed by atoms with E-state index in [9.17, 15) is 4.79 Å². The van der Waals surface area contributed by atoms with Gasteiger partial charge in [-0.1, -0.05) is 27.7 Å². The normalized spacial score (nSPS) is 12.8. The minimum atomic E-state index is 0.130. The highest BCUT2D eigenvalue weighted by molar-refractivity contribution is 5.78. The predicted molar refractivity (Wildman–Crippen MR) is 99.6 cm³/mol. The van der Waals surface area contributed by atoms with Crippen LogP contribution in [0.3, 0.4) is 0 Å². The van der Waals surface area contributed by atoms with Crippen molar-refractivity contribution in [3.63, 3.8) is 0 Å². The maximum absolute atomic E-state index is 11.7. The molecule has 0 radical (unpaired) electrons. The molecule has 0 aromatic heterocycles. The van der Waals surface area contributed by atoms with Crippen molar-refractivity contribution in [2.45, 2.75) is 53.4 Å². The van der Waals surface area contributed by atoms with E-state index in [0.29, 0.717) is 0 Å². The van der Waals surface area contributed by atoms with E-state index in [1.54, 1.807) is 0 Å². The van der Waals surface area contributed by atoms with Gasteiger partial charge < -0.3 is 20.9 Å². The Labute approximate surface area is 144 Å². The lowest BCUT2D eigenvalue weighted by Gasteiger charge is -2.24. The molecule has 0 aromatic rings. The molecule has 0 aliphatic carbocycles. The first-order valence-electron chi connectivity index (χ1n) is 9.51. The van der Waals surface area contributed by atoms with Crippen LogP contribution in [-0.4, -0.2) is 68.1 Å². The lowest BCUT2D eigenvalue weighted by molar-refractivity contribution is -0.124. The second-order valence-corrected chi connectivity index (χ2v) is 6.32. The van der Waals surface area contributed by atoms with Crippen molar-refractivity contribution < 1.29 is 4.79 Å². The minimum absolute atomic E-state index is 0.130. The molecule has 3 N–H and O–H groups in total. The van der Waals surface area contributed by atoms with Gasteiger partial charge in [0.1, 0.15) is 0 Å². The van der Waals surface area contributed by atoms with Gasteiger partial charge in [-0.15, -0.1) is 0 Å². The number of rotatable bonds is 15. The molecule has 23 heavy (non-hydrogen) atoms. The van der Waals surface area contributed by atoms with Crippen LogP contribution in [0.4, 0.5) is 0 Å². The molecule has 0 fully saturated rings. The Morgan fingerprint density at radius 1 is 0.957 bits per heavy atom. The summed E-state index contributed by atoms with van der Waals surface area (Å²) in [5.41, 5.74) is 5.58. The summed E-state index contributed by atoms with van der Waals surface area (Å²) in [5.74, 6) is 0.319. The van der Waals surface area contributed by atoms with Gasteiger partial charge in [-0.3, -0.25) is 4.79 Å². The van der Waals surface area contributed by atoms with Crippen molar-refractivity contribution in [2.75, 3.05) is 52.4 Å². The molecule has 1 unspecified atom stereocenters. The molecule has 138 valence electrons. The Morgan fingerprint density at radius 3 is 1.96 bits per heavy atom. The van der Waals surface area contributed by atoms with Crippen LogP contribution in [0.2, 0.25) is 0 Å². The zero-order valence-corrected chi connectivity index (χ0v) is 15.9. The maximum atomic E-state index is 11.7. The summed E-state index contributed by atoms with van der Waals surface area (Å²) < 4.78 is 0. The Balaban J connectivity index is 3.79. The highest BCUT2D eigenvalue weighted by Gasteiger charge is 2.09. The van der Waals surface area contributed by atoms with Crippen LogP contribution in [0.15, 0.2) is 0 Å². The number of hydrogen-bond acceptors (Lipinski definition) is 4. The summed E-state index contributed by atoms with van der Waals surface area (Å²) in [7, 11) is 0. The van der Waals surface area contributed by atoms with Gasteiger partial charge >= 0.3 is 0 Å². The SMILES string of the molecule is CCC(C)C(=O)NCCCN(CC)CCCN(CC)CCCN. The third kappa shape index (κ3) is 11.5. The van der Waals surface area contributed by atoms with E-state index < -0.39 is 0 Å². The molecule has 5 nitrogen and oxygen atoms in total. The summed E-state index contributed by atoms with van der Waals surface area (Å²) in [6.07, 6.45) is 4.22. The van der Waals surface area contributed by atoms with E-state index >= 15 is 0 Å². The summed E-state index contributed by atoms with van der Waals surface area (Å²) >= 11 is 0. The van der Waals surface area contributed by atoms with Crippen molar-refractivity contribution in [1.82, 2.24) is 15.1 Å². The Kier molecular flexibility index (Phi) is 14.5. The van der Waals surface area contributed by atoms with Gasteiger partial charge in [-0.25, -0.2) is 0 Å². The molecule has 0 saturated heterocycles. The Bertz CT molecular complexity index is 286. The van der Waals surface area contributed by atoms with Crippen molar-refractivity contribution in [3.05, 3.63) is 0 Å². The zero-order chi connectivity index (χ0) is 17.5. The third-order valence-electron chi connectivity index (χ3n) is 4.53. The highest BCUT2D eigenvalue weighted by atomic mass is 16.1. The van der Waals surface area contributed by atoms with Gasteiger partial charge in [0.15, 0.2) is 0 Å². The molecule has 0 rings (SSSR count). The second-order valence-electron chi connectivity index (χ2n) is 6.32. The van der Waals surface area contributed by atoms with E-state index in [-0.39, 0.29) is 11.8 Å². The van der Waals surface area contributed by atoms with E-state index in [1.807, 2.05) is 6.92 Å². The lowest BCUT2D eigenvalue weighted by atomic mass is 10.1. The number of nitrogens with one attached hydrogen (secondary N) is 1. The predicted octanol–water partition coefficient (Wildman–Crippen LogP) is 1.92. The molecule has 0 spiro atoms. The number of carbonyl (C=O) groups excluding carboxylic acids is 1. The monoisotopic (exact) mass is 328 g/mol. The van der Waals surface area contributed by atoms with E-state index in [0.717, 1.165) is 71.6 Å². The summed E-state index contributed by atoms with van der Waals surface area (Å²) in [6, 6.07) is 0. The smallest absolute Gasteiger partial charge is 0.222 e. The largest absolute Gasteiger partial charge is 0.356 e. The first-order chi connectivity index (χ1) is 11.1. The Hall–Kier alpha value is -0.650. The highest BCUT2D eigenvalue weighted by Crippen LogP contribution is 2.00. The molecular formula is C18H40N4O. The van der Waals surface area contributed by atoms with Gasteiger partial charge in [0, 0.05) is 12.5 Å². The topological polar surface area (TPSA) is 61.6 Å². The molecular weight excluding hydrogens is 288 g/mol. The van der Waals surface area contributed by atoms with Crippen LogP contribution in [0, 0.1) is 5.92 Å². The van der Waals surface area contributed by atoms with Crippen LogP contribution in [-0.2, 0) is 4.79 Å². The number of nitrogens with zero attached hydrogens (tertiary/aromatic N) is 2. The van der Waals surface area contributed by atoms with Crippen molar-refractivity contribution >= 4 is 5.91 Å². The second kappa shape index (κ2) is 14.9. The van der Waals surface area contributed by atoms with Crippen molar-refractivity contribution in [2.24, 2.45) is 11.7 Å². The van der Waals surface area contributed by atoms with Crippen LogP contribution < -0.4 is 11.1 Å². The first kappa shape index (κ1) is 22.4. The van der Waals surface area contributed by atoms with E-state index in [4.69, 9.17) is 5.73 Å². The minimum Gasteiger partial charge on any atom is -0.356 e. The van der Waals surface area contributed by atoms with Gasteiger partial charge in [0.25, 0.3) is 0 Å². The molecule has 0 aromatic carbocycles. The summed E-state index contributed by atoms with van der Waals surface area (Å²) in [6.45, 7) is 16.7. The van der Waals surface area contributed by atoms with E-state index in [2.05, 4.69) is 35.9 Å². The standard InChI is InChI=1S/C18H40N4O/c1-5-17(4)18(23)20-12-9-14-22(7-3)16-10-15-21(6-2)13-8-11-19/h17H,5-16,19H2,1-4H3,(H,20,23). The fourth-order valence-electron chi connectivity index (χ4n) is 2.56. The van der Waals surface area contributed by atoms with Gasteiger partial charge in [0.05, 0.1) is 0 Å².